The summed E-state index contributed by atoms with van der Waals surface area (Å²) in [6, 6.07) is 17.9. The molecule has 3 aromatic rings. The average molecular weight is 417 g/mol. The lowest BCUT2D eigenvalue weighted by atomic mass is 10.1. The molecule has 1 aliphatic heterocycles. The van der Waals surface area contributed by atoms with Crippen LogP contribution in [0.1, 0.15) is 35.9 Å². The van der Waals surface area contributed by atoms with Crippen LogP contribution in [0.25, 0.3) is 5.69 Å². The minimum absolute atomic E-state index is 0.00587. The van der Waals surface area contributed by atoms with Crippen LogP contribution in [0, 0.1) is 19.8 Å². The monoisotopic (exact) mass is 416 g/mol. The summed E-state index contributed by atoms with van der Waals surface area (Å²) in [5, 5.41) is 7.66. The fraction of sp³-hybridized carbons (Fsp3) is 0.320. The van der Waals surface area contributed by atoms with E-state index in [1.165, 1.54) is 5.56 Å². The maximum atomic E-state index is 12.8. The molecule has 0 bridgehead atoms. The molecule has 1 atom stereocenters. The molecule has 1 fully saturated rings. The van der Waals surface area contributed by atoms with Crippen LogP contribution in [0.2, 0.25) is 0 Å². The summed E-state index contributed by atoms with van der Waals surface area (Å²) in [5.74, 6) is -0.441. The third kappa shape index (κ3) is 4.24. The molecule has 6 heteroatoms. The first-order chi connectivity index (χ1) is 15.0. The van der Waals surface area contributed by atoms with Gasteiger partial charge in [0.05, 0.1) is 17.3 Å². The van der Waals surface area contributed by atoms with E-state index in [-0.39, 0.29) is 24.2 Å². The number of nitrogens with zero attached hydrogens (tertiary/aromatic N) is 3. The highest BCUT2D eigenvalue weighted by atomic mass is 16.2. The van der Waals surface area contributed by atoms with Gasteiger partial charge in [-0.3, -0.25) is 9.59 Å². The Bertz CT molecular complexity index is 1090. The van der Waals surface area contributed by atoms with Crippen molar-refractivity contribution in [1.29, 1.82) is 0 Å². The first-order valence-corrected chi connectivity index (χ1v) is 10.8. The molecule has 6 nitrogen and oxygen atoms in total. The predicted octanol–water partition coefficient (Wildman–Crippen LogP) is 3.72. The summed E-state index contributed by atoms with van der Waals surface area (Å²) in [6.07, 6.45) is 1.20. The van der Waals surface area contributed by atoms with Crippen molar-refractivity contribution < 1.29 is 9.59 Å². The van der Waals surface area contributed by atoms with Gasteiger partial charge >= 0.3 is 0 Å². The third-order valence-electron chi connectivity index (χ3n) is 6.03. The summed E-state index contributed by atoms with van der Waals surface area (Å²) in [7, 11) is 0. The van der Waals surface area contributed by atoms with Crippen LogP contribution >= 0.6 is 0 Å². The van der Waals surface area contributed by atoms with Crippen molar-refractivity contribution in [2.45, 2.75) is 40.2 Å². The standard InChI is InChI=1S/C25H28N4O2/c1-4-19-10-12-21(13-11-19)28-16-20(14-24(28)30)25(31)26-15-23-17(2)27-29(18(23)3)22-8-6-5-7-9-22/h5-13,20H,4,14-16H2,1-3H3,(H,26,31)/t20-/m0/s1. The van der Waals surface area contributed by atoms with E-state index >= 15 is 0 Å². The van der Waals surface area contributed by atoms with Gasteiger partial charge < -0.3 is 10.2 Å². The second-order valence-corrected chi connectivity index (χ2v) is 8.04. The van der Waals surface area contributed by atoms with E-state index in [2.05, 4.69) is 17.3 Å². The summed E-state index contributed by atoms with van der Waals surface area (Å²) in [4.78, 5) is 27.1. The topological polar surface area (TPSA) is 67.2 Å². The molecule has 2 heterocycles. The molecule has 1 aliphatic rings. The Labute approximate surface area is 182 Å². The molecule has 2 aromatic carbocycles. The van der Waals surface area contributed by atoms with Gasteiger partial charge in [0.25, 0.3) is 0 Å². The molecular weight excluding hydrogens is 388 g/mol. The molecule has 160 valence electrons. The van der Waals surface area contributed by atoms with Crippen molar-refractivity contribution in [2.75, 3.05) is 11.4 Å². The van der Waals surface area contributed by atoms with Gasteiger partial charge in [0.15, 0.2) is 0 Å². The van der Waals surface area contributed by atoms with Crippen LogP contribution in [0.15, 0.2) is 54.6 Å². The number of carbonyl (C=O) groups is 2. The number of hydrogen-bond donors (Lipinski definition) is 1. The van der Waals surface area contributed by atoms with Crippen LogP contribution in [0.4, 0.5) is 5.69 Å². The van der Waals surface area contributed by atoms with Crippen LogP contribution in [-0.2, 0) is 22.6 Å². The molecule has 0 aliphatic carbocycles. The van der Waals surface area contributed by atoms with Gasteiger partial charge in [-0.2, -0.15) is 5.10 Å². The van der Waals surface area contributed by atoms with Crippen LogP contribution < -0.4 is 10.2 Å². The normalized spacial score (nSPS) is 16.0. The van der Waals surface area contributed by atoms with E-state index in [1.54, 1.807) is 4.90 Å². The Morgan fingerprint density at radius 2 is 1.77 bits per heavy atom. The fourth-order valence-electron chi connectivity index (χ4n) is 4.12. The van der Waals surface area contributed by atoms with Crippen molar-refractivity contribution in [1.82, 2.24) is 15.1 Å². The minimum atomic E-state index is -0.344. The Morgan fingerprint density at radius 3 is 2.45 bits per heavy atom. The molecule has 1 aromatic heterocycles. The second kappa shape index (κ2) is 8.76. The van der Waals surface area contributed by atoms with E-state index in [4.69, 9.17) is 0 Å². The molecule has 31 heavy (non-hydrogen) atoms. The molecular formula is C25H28N4O2. The number of anilines is 1. The van der Waals surface area contributed by atoms with E-state index in [1.807, 2.05) is 73.1 Å². The number of para-hydroxylation sites is 1. The fourth-order valence-corrected chi connectivity index (χ4v) is 4.12. The predicted molar refractivity (Wildman–Crippen MR) is 121 cm³/mol. The number of aromatic nitrogens is 2. The lowest BCUT2D eigenvalue weighted by Gasteiger charge is -2.17. The Morgan fingerprint density at radius 1 is 1.06 bits per heavy atom. The van der Waals surface area contributed by atoms with Gasteiger partial charge in [0.1, 0.15) is 0 Å². The zero-order chi connectivity index (χ0) is 22.0. The second-order valence-electron chi connectivity index (χ2n) is 8.04. The van der Waals surface area contributed by atoms with Crippen molar-refractivity contribution in [3.05, 3.63) is 77.1 Å². The highest BCUT2D eigenvalue weighted by Gasteiger charge is 2.35. The number of hydrogen-bond acceptors (Lipinski definition) is 3. The molecule has 1 N–H and O–H groups in total. The number of amides is 2. The quantitative estimate of drug-likeness (QED) is 0.666. The zero-order valence-corrected chi connectivity index (χ0v) is 18.3. The van der Waals surface area contributed by atoms with Gasteiger partial charge in [-0.25, -0.2) is 4.68 Å². The third-order valence-corrected chi connectivity index (χ3v) is 6.03. The Hall–Kier alpha value is -3.41. The molecule has 0 saturated carbocycles. The van der Waals surface area contributed by atoms with E-state index in [0.717, 1.165) is 34.7 Å². The number of aryl methyl sites for hydroxylation is 2. The molecule has 0 spiro atoms. The lowest BCUT2D eigenvalue weighted by molar-refractivity contribution is -0.126. The average Bonchev–Trinajstić information content (AvgIpc) is 3.32. The van der Waals surface area contributed by atoms with E-state index in [9.17, 15) is 9.59 Å². The first kappa shape index (κ1) is 20.8. The van der Waals surface area contributed by atoms with Crippen molar-refractivity contribution in [3.8, 4) is 5.69 Å². The summed E-state index contributed by atoms with van der Waals surface area (Å²) >= 11 is 0. The lowest BCUT2D eigenvalue weighted by Crippen LogP contribution is -2.32. The highest BCUT2D eigenvalue weighted by molar-refractivity contribution is 6.00. The van der Waals surface area contributed by atoms with Gasteiger partial charge in [-0.15, -0.1) is 0 Å². The molecule has 0 unspecified atom stereocenters. The number of benzene rings is 2. The van der Waals surface area contributed by atoms with Crippen molar-refractivity contribution >= 4 is 17.5 Å². The van der Waals surface area contributed by atoms with Crippen molar-refractivity contribution in [3.63, 3.8) is 0 Å². The van der Waals surface area contributed by atoms with E-state index < -0.39 is 0 Å². The summed E-state index contributed by atoms with van der Waals surface area (Å²) in [5.41, 5.74) is 5.98. The maximum Gasteiger partial charge on any atom is 0.227 e. The van der Waals surface area contributed by atoms with Crippen LogP contribution in [-0.4, -0.2) is 28.1 Å². The summed E-state index contributed by atoms with van der Waals surface area (Å²) in [6.45, 7) is 6.88. The van der Waals surface area contributed by atoms with E-state index in [0.29, 0.717) is 13.1 Å². The number of nitrogens with one attached hydrogen (secondary N) is 1. The van der Waals surface area contributed by atoms with Gasteiger partial charge in [-0.1, -0.05) is 37.3 Å². The maximum absolute atomic E-state index is 12.8. The Balaban J connectivity index is 1.41. The van der Waals surface area contributed by atoms with Crippen molar-refractivity contribution in [2.24, 2.45) is 5.92 Å². The minimum Gasteiger partial charge on any atom is -0.352 e. The van der Waals surface area contributed by atoms with Gasteiger partial charge in [0.2, 0.25) is 11.8 Å². The first-order valence-electron chi connectivity index (χ1n) is 10.8. The molecule has 1 saturated heterocycles. The van der Waals surface area contributed by atoms with Gasteiger partial charge in [0, 0.05) is 36.5 Å². The highest BCUT2D eigenvalue weighted by Crippen LogP contribution is 2.26. The Kier molecular flexibility index (Phi) is 5.89. The largest absolute Gasteiger partial charge is 0.352 e. The molecule has 4 rings (SSSR count). The van der Waals surface area contributed by atoms with Crippen LogP contribution in [0.5, 0.6) is 0 Å². The molecule has 2 amide bonds. The van der Waals surface area contributed by atoms with Crippen LogP contribution in [0.3, 0.4) is 0 Å². The smallest absolute Gasteiger partial charge is 0.227 e. The SMILES string of the molecule is CCc1ccc(N2C[C@@H](C(=O)NCc3c(C)nn(-c4ccccc4)c3C)CC2=O)cc1. The molecule has 0 radical (unpaired) electrons. The zero-order valence-electron chi connectivity index (χ0n) is 18.3. The number of rotatable bonds is 6. The summed E-state index contributed by atoms with van der Waals surface area (Å²) < 4.78 is 1.90. The van der Waals surface area contributed by atoms with Gasteiger partial charge in [-0.05, 0) is 50.1 Å². The number of carbonyl (C=O) groups excluding carboxylic acids is 2.